The summed E-state index contributed by atoms with van der Waals surface area (Å²) in [5.41, 5.74) is 2.69. The molecule has 1 N–H and O–H groups in total. The maximum atomic E-state index is 11.9. The molecule has 2 nitrogen and oxygen atoms in total. The summed E-state index contributed by atoms with van der Waals surface area (Å²) in [6.45, 7) is 15.4. The van der Waals surface area contributed by atoms with Gasteiger partial charge < -0.3 is 5.32 Å². The molecule has 156 valence electrons. The molecule has 0 saturated heterocycles. The Morgan fingerprint density at radius 3 is 1.93 bits per heavy atom. The van der Waals surface area contributed by atoms with Gasteiger partial charge in [0.05, 0.1) is 5.56 Å². The summed E-state index contributed by atoms with van der Waals surface area (Å²) < 4.78 is 35.8. The molecule has 0 aliphatic carbocycles. The summed E-state index contributed by atoms with van der Waals surface area (Å²) in [6, 6.07) is 10.5. The third kappa shape index (κ3) is 10.8. The van der Waals surface area contributed by atoms with Gasteiger partial charge in [-0.25, -0.2) is 0 Å². The molecule has 0 aromatic heterocycles. The topological polar surface area (TPSA) is 29.1 Å². The minimum Gasteiger partial charge on any atom is -0.329 e. The van der Waals surface area contributed by atoms with E-state index >= 15 is 0 Å². The first kappa shape index (κ1) is 27.9. The van der Waals surface area contributed by atoms with E-state index in [0.29, 0.717) is 17.1 Å². The van der Waals surface area contributed by atoms with Gasteiger partial charge in [0.25, 0.3) is 0 Å². The van der Waals surface area contributed by atoms with Crippen LogP contribution in [0.1, 0.15) is 49.9 Å². The van der Waals surface area contributed by atoms with E-state index in [1.54, 1.807) is 19.1 Å². The highest BCUT2D eigenvalue weighted by Crippen LogP contribution is 2.28. The van der Waals surface area contributed by atoms with Crippen molar-refractivity contribution in [3.8, 4) is 0 Å². The summed E-state index contributed by atoms with van der Waals surface area (Å²) in [5, 5.41) is 3.13. The molecule has 0 heterocycles. The molecule has 2 aromatic rings. The quantitative estimate of drug-likeness (QED) is 0.519. The molecule has 0 spiro atoms. The Kier molecular flexibility index (Phi) is 14.7. The maximum absolute atomic E-state index is 11.9. The van der Waals surface area contributed by atoms with E-state index in [0.717, 1.165) is 28.8 Å². The van der Waals surface area contributed by atoms with E-state index in [9.17, 15) is 18.0 Å². The Bertz CT molecular complexity index is 711. The molecular formula is C22H29ClF3NO. The van der Waals surface area contributed by atoms with Crippen LogP contribution in [0.25, 0.3) is 5.70 Å². The van der Waals surface area contributed by atoms with Gasteiger partial charge in [0.2, 0.25) is 6.41 Å². The monoisotopic (exact) mass is 415 g/mol. The summed E-state index contributed by atoms with van der Waals surface area (Å²) in [4.78, 5) is 10.2. The second-order valence-electron chi connectivity index (χ2n) is 5.06. The third-order valence-electron chi connectivity index (χ3n) is 3.14. The zero-order valence-corrected chi connectivity index (χ0v) is 18.0. The molecule has 2 rings (SSSR count). The van der Waals surface area contributed by atoms with Gasteiger partial charge in [-0.3, -0.25) is 4.79 Å². The molecule has 0 aliphatic rings. The summed E-state index contributed by atoms with van der Waals surface area (Å²) in [7, 11) is 0. The minimum atomic E-state index is -4.21. The van der Waals surface area contributed by atoms with E-state index in [1.165, 1.54) is 12.1 Å². The molecule has 0 unspecified atom stereocenters. The van der Waals surface area contributed by atoms with E-state index in [-0.39, 0.29) is 0 Å². The number of aryl methyl sites for hydroxylation is 2. The van der Waals surface area contributed by atoms with Crippen LogP contribution in [0.5, 0.6) is 0 Å². The number of rotatable bonds is 3. The molecule has 0 fully saturated rings. The highest BCUT2D eigenvalue weighted by molar-refractivity contribution is 6.30. The lowest BCUT2D eigenvalue weighted by Gasteiger charge is -2.07. The first-order valence-corrected chi connectivity index (χ1v) is 9.32. The van der Waals surface area contributed by atoms with Crippen LogP contribution in [0, 0.1) is 13.8 Å². The fourth-order valence-electron chi connectivity index (χ4n) is 1.81. The van der Waals surface area contributed by atoms with Crippen LogP contribution in [0.3, 0.4) is 0 Å². The second kappa shape index (κ2) is 14.7. The van der Waals surface area contributed by atoms with Crippen LogP contribution in [0.2, 0.25) is 5.02 Å². The average Bonchev–Trinajstić information content (AvgIpc) is 2.67. The summed E-state index contributed by atoms with van der Waals surface area (Å²) in [5.74, 6) is 0. The van der Waals surface area contributed by atoms with Crippen molar-refractivity contribution < 1.29 is 18.0 Å². The minimum absolute atomic E-state index is 0.565. The lowest BCUT2D eigenvalue weighted by molar-refractivity contribution is -0.137. The Balaban J connectivity index is 0. The predicted octanol–water partition coefficient (Wildman–Crippen LogP) is 7.43. The number of nitrogens with one attached hydrogen (secondary N) is 1. The molecule has 0 atom stereocenters. The Hall–Kier alpha value is -2.27. The lowest BCUT2D eigenvalue weighted by Crippen LogP contribution is -2.08. The van der Waals surface area contributed by atoms with Gasteiger partial charge in [-0.05, 0) is 43.7 Å². The molecule has 6 heteroatoms. The highest BCUT2D eigenvalue weighted by atomic mass is 35.5. The normalized spacial score (nSPS) is 9.36. The fraction of sp³-hybridized carbons (Fsp3) is 0.318. The van der Waals surface area contributed by atoms with Crippen LogP contribution in [0.15, 0.2) is 49.0 Å². The second-order valence-corrected chi connectivity index (χ2v) is 5.50. The van der Waals surface area contributed by atoms with Crippen LogP contribution < -0.4 is 5.32 Å². The number of hydrogen-bond donors (Lipinski definition) is 1. The van der Waals surface area contributed by atoms with Crippen LogP contribution in [-0.2, 0) is 11.0 Å². The van der Waals surface area contributed by atoms with Gasteiger partial charge in [0.1, 0.15) is 0 Å². The van der Waals surface area contributed by atoms with Crippen molar-refractivity contribution in [1.82, 2.24) is 5.32 Å². The van der Waals surface area contributed by atoms with Crippen molar-refractivity contribution in [2.45, 2.75) is 47.7 Å². The van der Waals surface area contributed by atoms with Gasteiger partial charge in [0.15, 0.2) is 0 Å². The van der Waals surface area contributed by atoms with Crippen LogP contribution in [0.4, 0.5) is 13.2 Å². The summed E-state index contributed by atoms with van der Waals surface area (Å²) in [6.07, 6.45) is -3.61. The van der Waals surface area contributed by atoms with Crippen molar-refractivity contribution in [3.05, 3.63) is 76.3 Å². The van der Waals surface area contributed by atoms with Crippen molar-refractivity contribution in [3.63, 3.8) is 0 Å². The SMILES string of the molecule is C=C(NC=O)c1cc(Cl)ccc1C.CC.CC.Cc1ccc(C(F)(F)F)cc1. The number of benzene rings is 2. The average molecular weight is 416 g/mol. The summed E-state index contributed by atoms with van der Waals surface area (Å²) >= 11 is 5.80. The highest BCUT2D eigenvalue weighted by Gasteiger charge is 2.29. The number of alkyl halides is 3. The van der Waals surface area contributed by atoms with Gasteiger partial charge in [-0.2, -0.15) is 13.2 Å². The van der Waals surface area contributed by atoms with Crippen molar-refractivity contribution in [2.24, 2.45) is 0 Å². The zero-order chi connectivity index (χ0) is 22.3. The Morgan fingerprint density at radius 1 is 1.00 bits per heavy atom. The molecule has 1 amide bonds. The Morgan fingerprint density at radius 2 is 1.50 bits per heavy atom. The van der Waals surface area contributed by atoms with Gasteiger partial charge in [0, 0.05) is 16.3 Å². The van der Waals surface area contributed by atoms with E-state index in [1.807, 2.05) is 40.7 Å². The molecule has 0 radical (unpaired) electrons. The standard InChI is InChI=1S/C10H10ClNO.C8H7F3.2C2H6/c1-7-3-4-9(11)5-10(7)8(2)12-6-13;1-6-2-4-7(5-3-6)8(9,10)11;2*1-2/h3-6H,2H2,1H3,(H,12,13);2-5H,1H3;2*1-2H3. The first-order valence-electron chi connectivity index (χ1n) is 8.94. The van der Waals surface area contributed by atoms with Crippen molar-refractivity contribution in [2.75, 3.05) is 0 Å². The molecule has 2 aromatic carbocycles. The number of carbonyl (C=O) groups excluding carboxylic acids is 1. The van der Waals surface area contributed by atoms with Gasteiger partial charge in [-0.15, -0.1) is 0 Å². The largest absolute Gasteiger partial charge is 0.416 e. The van der Waals surface area contributed by atoms with Crippen molar-refractivity contribution in [1.29, 1.82) is 0 Å². The third-order valence-corrected chi connectivity index (χ3v) is 3.37. The molecular weight excluding hydrogens is 387 g/mol. The molecule has 0 saturated carbocycles. The Labute approximate surface area is 171 Å². The maximum Gasteiger partial charge on any atom is 0.416 e. The van der Waals surface area contributed by atoms with Gasteiger partial charge >= 0.3 is 6.18 Å². The molecule has 0 bridgehead atoms. The van der Waals surface area contributed by atoms with E-state index in [2.05, 4.69) is 11.9 Å². The fourth-order valence-corrected chi connectivity index (χ4v) is 1.98. The number of halogens is 4. The first-order chi connectivity index (χ1) is 13.1. The predicted molar refractivity (Wildman–Crippen MR) is 113 cm³/mol. The van der Waals surface area contributed by atoms with E-state index < -0.39 is 11.7 Å². The van der Waals surface area contributed by atoms with Crippen LogP contribution in [-0.4, -0.2) is 6.41 Å². The molecule has 0 aliphatic heterocycles. The molecule has 28 heavy (non-hydrogen) atoms. The zero-order valence-electron chi connectivity index (χ0n) is 17.2. The van der Waals surface area contributed by atoms with Gasteiger partial charge in [-0.1, -0.05) is 69.6 Å². The van der Waals surface area contributed by atoms with E-state index in [4.69, 9.17) is 11.6 Å². The smallest absolute Gasteiger partial charge is 0.329 e. The number of carbonyl (C=O) groups is 1. The number of hydrogen-bond acceptors (Lipinski definition) is 1. The van der Waals surface area contributed by atoms with Crippen LogP contribution >= 0.6 is 11.6 Å². The number of amides is 1. The van der Waals surface area contributed by atoms with Crippen molar-refractivity contribution >= 4 is 23.7 Å². The lowest BCUT2D eigenvalue weighted by atomic mass is 10.1.